The van der Waals surface area contributed by atoms with Crippen molar-refractivity contribution in [1.29, 1.82) is 0 Å². The molecule has 1 aromatic carbocycles. The maximum atomic E-state index is 13.2. The van der Waals surface area contributed by atoms with Gasteiger partial charge in [0, 0.05) is 12.6 Å². The van der Waals surface area contributed by atoms with Crippen LogP contribution in [0.1, 0.15) is 12.5 Å². The van der Waals surface area contributed by atoms with Crippen molar-refractivity contribution < 1.29 is 19.1 Å². The largest absolute Gasteiger partial charge is 0.480 e. The standard InChI is InChI=1S/C17H17FN2O3S/c1-11(24-15-7-2-3-8-19-15)16(21)20-14(17(22)23)10-12-5-4-6-13(18)9-12/h2-9,11,14H,10H2,1H3,(H,20,21)(H,22,23). The van der Waals surface area contributed by atoms with Crippen molar-refractivity contribution in [2.24, 2.45) is 0 Å². The quantitative estimate of drug-likeness (QED) is 0.752. The van der Waals surface area contributed by atoms with Gasteiger partial charge in [0.15, 0.2) is 0 Å². The first kappa shape index (κ1) is 17.9. The van der Waals surface area contributed by atoms with Crippen LogP contribution in [0.5, 0.6) is 0 Å². The monoisotopic (exact) mass is 348 g/mol. The lowest BCUT2D eigenvalue weighted by Gasteiger charge is -2.17. The molecule has 5 nitrogen and oxygen atoms in total. The Morgan fingerprint density at radius 2 is 2.08 bits per heavy atom. The van der Waals surface area contributed by atoms with Crippen LogP contribution in [0.4, 0.5) is 4.39 Å². The highest BCUT2D eigenvalue weighted by molar-refractivity contribution is 8.00. The highest BCUT2D eigenvalue weighted by Crippen LogP contribution is 2.20. The molecule has 2 aromatic rings. The minimum Gasteiger partial charge on any atom is -0.480 e. The highest BCUT2D eigenvalue weighted by Gasteiger charge is 2.24. The molecule has 1 amide bonds. The number of thioether (sulfide) groups is 1. The zero-order valence-electron chi connectivity index (χ0n) is 13.0. The Morgan fingerprint density at radius 1 is 1.29 bits per heavy atom. The first-order chi connectivity index (χ1) is 11.5. The van der Waals surface area contributed by atoms with Gasteiger partial charge in [0.1, 0.15) is 11.9 Å². The normalized spacial score (nSPS) is 13.1. The molecular weight excluding hydrogens is 331 g/mol. The minimum absolute atomic E-state index is 0.0137. The second-order valence-corrected chi connectivity index (χ2v) is 6.52. The third kappa shape index (κ3) is 5.34. The smallest absolute Gasteiger partial charge is 0.326 e. The maximum absolute atomic E-state index is 13.2. The molecule has 24 heavy (non-hydrogen) atoms. The summed E-state index contributed by atoms with van der Waals surface area (Å²) in [5, 5.41) is 12.0. The van der Waals surface area contributed by atoms with E-state index in [0.29, 0.717) is 10.6 Å². The number of aromatic nitrogens is 1. The number of amides is 1. The van der Waals surface area contributed by atoms with E-state index >= 15 is 0 Å². The number of benzene rings is 1. The molecule has 126 valence electrons. The Morgan fingerprint density at radius 3 is 2.71 bits per heavy atom. The highest BCUT2D eigenvalue weighted by atomic mass is 32.2. The van der Waals surface area contributed by atoms with Gasteiger partial charge >= 0.3 is 5.97 Å². The Balaban J connectivity index is 1.99. The third-order valence-corrected chi connectivity index (χ3v) is 4.30. The number of aliphatic carboxylic acids is 1. The molecule has 0 saturated heterocycles. The van der Waals surface area contributed by atoms with Gasteiger partial charge in [-0.3, -0.25) is 4.79 Å². The summed E-state index contributed by atoms with van der Waals surface area (Å²) in [6.45, 7) is 1.68. The predicted octanol–water partition coefficient (Wildman–Crippen LogP) is 2.51. The second kappa shape index (κ2) is 8.44. The molecule has 0 fully saturated rings. The zero-order chi connectivity index (χ0) is 17.5. The van der Waals surface area contributed by atoms with Crippen LogP contribution < -0.4 is 5.32 Å². The molecule has 2 rings (SSSR count). The third-order valence-electron chi connectivity index (χ3n) is 3.25. The van der Waals surface area contributed by atoms with E-state index in [-0.39, 0.29) is 6.42 Å². The lowest BCUT2D eigenvalue weighted by atomic mass is 10.1. The molecule has 2 N–H and O–H groups in total. The number of carboxylic acid groups (broad SMARTS) is 1. The predicted molar refractivity (Wildman–Crippen MR) is 89.2 cm³/mol. The van der Waals surface area contributed by atoms with Gasteiger partial charge in [0.05, 0.1) is 10.3 Å². The molecule has 1 aromatic heterocycles. The zero-order valence-corrected chi connectivity index (χ0v) is 13.8. The number of carbonyl (C=O) groups is 2. The summed E-state index contributed by atoms with van der Waals surface area (Å²) in [4.78, 5) is 27.7. The number of pyridine rings is 1. The Bertz CT molecular complexity index is 712. The summed E-state index contributed by atoms with van der Waals surface area (Å²) in [5.41, 5.74) is 0.507. The number of hydrogen-bond donors (Lipinski definition) is 2. The number of nitrogens with one attached hydrogen (secondary N) is 1. The van der Waals surface area contributed by atoms with Crippen LogP contribution >= 0.6 is 11.8 Å². The van der Waals surface area contributed by atoms with Gasteiger partial charge in [-0.05, 0) is 36.8 Å². The summed E-state index contributed by atoms with van der Waals surface area (Å²) in [6, 6.07) is 9.90. The van der Waals surface area contributed by atoms with Crippen molar-refractivity contribution in [3.63, 3.8) is 0 Å². The molecule has 1 heterocycles. The number of halogens is 1. The van der Waals surface area contributed by atoms with E-state index in [2.05, 4.69) is 10.3 Å². The van der Waals surface area contributed by atoms with Crippen molar-refractivity contribution >= 4 is 23.6 Å². The van der Waals surface area contributed by atoms with Gasteiger partial charge in [-0.2, -0.15) is 0 Å². The Hall–Kier alpha value is -2.41. The summed E-state index contributed by atoms with van der Waals surface area (Å²) < 4.78 is 13.2. The van der Waals surface area contributed by atoms with Crippen LogP contribution in [0.2, 0.25) is 0 Å². The van der Waals surface area contributed by atoms with Gasteiger partial charge in [0.2, 0.25) is 5.91 Å². The summed E-state index contributed by atoms with van der Waals surface area (Å²) in [6.07, 6.45) is 1.64. The van der Waals surface area contributed by atoms with E-state index in [1.807, 2.05) is 6.07 Å². The molecule has 0 spiro atoms. The number of nitrogens with zero attached hydrogens (tertiary/aromatic N) is 1. The summed E-state index contributed by atoms with van der Waals surface area (Å²) in [5.74, 6) is -2.01. The Labute approximate surface area is 143 Å². The molecule has 0 aliphatic rings. The van der Waals surface area contributed by atoms with Crippen LogP contribution in [0.25, 0.3) is 0 Å². The van der Waals surface area contributed by atoms with Gasteiger partial charge in [0.25, 0.3) is 0 Å². The average Bonchev–Trinajstić information content (AvgIpc) is 2.55. The van der Waals surface area contributed by atoms with E-state index < -0.39 is 29.0 Å². The fourth-order valence-corrected chi connectivity index (χ4v) is 2.86. The number of hydrogen-bond acceptors (Lipinski definition) is 4. The SMILES string of the molecule is CC(Sc1ccccn1)C(=O)NC(Cc1cccc(F)c1)C(=O)O. The molecule has 2 atom stereocenters. The molecule has 0 radical (unpaired) electrons. The first-order valence-corrected chi connectivity index (χ1v) is 8.19. The van der Waals surface area contributed by atoms with Crippen molar-refractivity contribution in [2.45, 2.75) is 29.7 Å². The lowest BCUT2D eigenvalue weighted by Crippen LogP contribution is -2.45. The second-order valence-electron chi connectivity index (χ2n) is 5.16. The van der Waals surface area contributed by atoms with E-state index in [9.17, 15) is 19.1 Å². The van der Waals surface area contributed by atoms with E-state index in [1.54, 1.807) is 31.3 Å². The van der Waals surface area contributed by atoms with Crippen molar-refractivity contribution in [3.05, 3.63) is 60.0 Å². The van der Waals surface area contributed by atoms with Crippen LogP contribution in [0.15, 0.2) is 53.7 Å². The number of carbonyl (C=O) groups excluding carboxylic acids is 1. The summed E-state index contributed by atoms with van der Waals surface area (Å²) >= 11 is 1.24. The van der Waals surface area contributed by atoms with Crippen molar-refractivity contribution in [3.8, 4) is 0 Å². The number of rotatable bonds is 7. The van der Waals surface area contributed by atoms with Gasteiger partial charge in [-0.15, -0.1) is 0 Å². The first-order valence-electron chi connectivity index (χ1n) is 7.31. The van der Waals surface area contributed by atoms with Crippen molar-refractivity contribution in [1.82, 2.24) is 10.3 Å². The molecule has 7 heteroatoms. The van der Waals surface area contributed by atoms with Crippen LogP contribution in [-0.4, -0.2) is 33.3 Å². The molecule has 0 bridgehead atoms. The van der Waals surface area contributed by atoms with E-state index in [4.69, 9.17) is 0 Å². The fourth-order valence-electron chi connectivity index (χ4n) is 2.04. The van der Waals surface area contributed by atoms with Gasteiger partial charge in [-0.25, -0.2) is 14.2 Å². The van der Waals surface area contributed by atoms with Crippen LogP contribution in [0, 0.1) is 5.82 Å². The molecule has 0 saturated carbocycles. The molecule has 2 unspecified atom stereocenters. The maximum Gasteiger partial charge on any atom is 0.326 e. The molecule has 0 aliphatic heterocycles. The van der Waals surface area contributed by atoms with Gasteiger partial charge < -0.3 is 10.4 Å². The lowest BCUT2D eigenvalue weighted by molar-refractivity contribution is -0.141. The van der Waals surface area contributed by atoms with Crippen LogP contribution in [0.3, 0.4) is 0 Å². The molecule has 0 aliphatic carbocycles. The van der Waals surface area contributed by atoms with E-state index in [1.165, 1.54) is 30.0 Å². The molecular formula is C17H17FN2O3S. The fraction of sp³-hybridized carbons (Fsp3) is 0.235. The number of carboxylic acids is 1. The van der Waals surface area contributed by atoms with E-state index in [0.717, 1.165) is 0 Å². The minimum atomic E-state index is -1.16. The average molecular weight is 348 g/mol. The Kier molecular flexibility index (Phi) is 6.31. The van der Waals surface area contributed by atoms with Crippen molar-refractivity contribution in [2.75, 3.05) is 0 Å². The van der Waals surface area contributed by atoms with Crippen LogP contribution in [-0.2, 0) is 16.0 Å². The topological polar surface area (TPSA) is 79.3 Å². The summed E-state index contributed by atoms with van der Waals surface area (Å²) in [7, 11) is 0. The van der Waals surface area contributed by atoms with Gasteiger partial charge in [-0.1, -0.05) is 30.0 Å².